The van der Waals surface area contributed by atoms with E-state index in [-0.39, 0.29) is 9.95 Å². The van der Waals surface area contributed by atoms with E-state index in [1.807, 2.05) is 0 Å². The van der Waals surface area contributed by atoms with Gasteiger partial charge in [0.15, 0.2) is 0 Å². The maximum absolute atomic E-state index is 5.46. The molecule has 0 aliphatic carbocycles. The number of rotatable bonds is 1. The Kier molecular flexibility index (Phi) is 4.65. The molecule has 0 bridgehead atoms. The molecular weight excluding hydrogens is 302 g/mol. The van der Waals surface area contributed by atoms with Gasteiger partial charge >= 0.3 is 62.7 Å². The molecule has 0 fully saturated rings. The minimum atomic E-state index is -0.282. The molecule has 0 aromatic heterocycles. The van der Waals surface area contributed by atoms with Crippen LogP contribution in [0.3, 0.4) is 0 Å². The van der Waals surface area contributed by atoms with Crippen molar-refractivity contribution in [3.05, 3.63) is 0 Å². The average molecular weight is 306 g/mol. The molecule has 0 N–H and O–H groups in total. The van der Waals surface area contributed by atoms with Crippen LogP contribution in [0, 0.1) is 0 Å². The number of hydrogen-bond donors (Lipinski definition) is 0. The Bertz CT molecular complexity index is 62.6. The van der Waals surface area contributed by atoms with Crippen molar-refractivity contribution in [1.82, 2.24) is 0 Å². The molecule has 0 radical (unpaired) electrons. The van der Waals surface area contributed by atoms with Crippen LogP contribution in [0.2, 0.25) is 6.55 Å². The van der Waals surface area contributed by atoms with E-state index in [0.29, 0.717) is 0 Å². The van der Waals surface area contributed by atoms with Crippen LogP contribution in [-0.4, -0.2) is 9.95 Å². The maximum atomic E-state index is 5.46. The summed E-state index contributed by atoms with van der Waals surface area (Å²) in [4.78, 5) is 0. The Hall–Kier alpha value is 1.67. The van der Waals surface area contributed by atoms with Gasteiger partial charge in [0.2, 0.25) is 0 Å². The summed E-state index contributed by atoms with van der Waals surface area (Å²) in [5.74, 6) is 0. The molecule has 0 unspecified atom stereocenters. The molecule has 0 atom stereocenters. The Morgan fingerprint density at radius 2 is 1.83 bits per heavy atom. The normalized spacial score (nSPS) is 9.67. The Labute approximate surface area is 62.3 Å². The van der Waals surface area contributed by atoms with Crippen molar-refractivity contribution in [3.63, 3.8) is 0 Å². The average Bonchev–Trinajstić information content (AvgIpc) is 1.36. The summed E-state index contributed by atoms with van der Waals surface area (Å²) in [6.07, 6.45) is 0. The molecule has 0 nitrogen and oxygen atoms in total. The summed E-state index contributed by atoms with van der Waals surface area (Å²) in [5, 5.41) is 0. The third-order valence-electron chi connectivity index (χ3n) is 0.327. The number of alkyl halides is 2. The van der Waals surface area contributed by atoms with Crippen LogP contribution in [0.5, 0.6) is 0 Å². The summed E-state index contributed by atoms with van der Waals surface area (Å²) in [6.45, 7) is 2.14. The van der Waals surface area contributed by atoms with Crippen LogP contribution in [-0.2, 0) is 23.0 Å². The number of hydrogen-bond acceptors (Lipinski definition) is 0. The van der Waals surface area contributed by atoms with E-state index in [0.717, 1.165) is 0 Å². The molecule has 0 amide bonds. The molecule has 0 aromatic rings. The van der Waals surface area contributed by atoms with Crippen LogP contribution in [0.1, 0.15) is 0 Å². The fourth-order valence-electron chi connectivity index (χ4n) is 0. The third kappa shape index (κ3) is 3.84. The van der Waals surface area contributed by atoms with Crippen LogP contribution < -0.4 is 0 Å². The first-order valence-corrected chi connectivity index (χ1v) is 9.81. The van der Waals surface area contributed by atoms with E-state index >= 15 is 0 Å². The van der Waals surface area contributed by atoms with Gasteiger partial charge in [-0.2, -0.15) is 0 Å². The van der Waals surface area contributed by atoms with Crippen molar-refractivity contribution in [2.75, 3.05) is 0 Å². The Morgan fingerprint density at radius 3 is 1.83 bits per heavy atom. The van der Waals surface area contributed by atoms with Crippen LogP contribution in [0.15, 0.2) is 0 Å². The summed E-state index contributed by atoms with van der Waals surface area (Å²) in [6, 6.07) is 0. The van der Waals surface area contributed by atoms with E-state index in [1.165, 1.54) is 23.0 Å². The molecule has 4 heteroatoms. The second-order valence-electron chi connectivity index (χ2n) is 0.984. The van der Waals surface area contributed by atoms with Gasteiger partial charge in [0.05, 0.1) is 0 Å². The van der Waals surface area contributed by atoms with Gasteiger partial charge in [-0.05, 0) is 0 Å². The molecular formula is C2H4Cl2HfSi+2. The topological polar surface area (TPSA) is 0 Å². The van der Waals surface area contributed by atoms with E-state index in [9.17, 15) is 0 Å². The summed E-state index contributed by atoms with van der Waals surface area (Å²) < 4.78 is -0.0401. The number of halogens is 2. The molecule has 0 heterocycles. The Balaban J connectivity index is 3.26. The monoisotopic (exact) mass is 306 g/mol. The standard InChI is InChI=1S/C2H4Cl2Si.Hf/c1-5-2(3)4;/h2H,1H3;/q;+2. The van der Waals surface area contributed by atoms with Gasteiger partial charge in [0.25, 0.3) is 0 Å². The van der Waals surface area contributed by atoms with Gasteiger partial charge in [-0.25, -0.2) is 0 Å². The van der Waals surface area contributed by atoms with Gasteiger partial charge in [-0.15, -0.1) is 0 Å². The van der Waals surface area contributed by atoms with E-state index < -0.39 is 0 Å². The first kappa shape index (κ1) is 7.67. The van der Waals surface area contributed by atoms with E-state index in [2.05, 4.69) is 6.55 Å². The van der Waals surface area contributed by atoms with Gasteiger partial charge in [-0.1, -0.05) is 0 Å². The van der Waals surface area contributed by atoms with Crippen molar-refractivity contribution >= 4 is 28.7 Å². The first-order chi connectivity index (χ1) is 2.64. The second kappa shape index (κ2) is 3.64. The fraction of sp³-hybridized carbons (Fsp3) is 1.00. The predicted octanol–water partition coefficient (Wildman–Crippen LogP) is 1.50. The zero-order valence-electron chi connectivity index (χ0n) is 3.33. The van der Waals surface area contributed by atoms with Gasteiger partial charge < -0.3 is 0 Å². The summed E-state index contributed by atoms with van der Waals surface area (Å²) >= 11 is 12.1. The van der Waals surface area contributed by atoms with Crippen molar-refractivity contribution in [2.24, 2.45) is 0 Å². The molecule has 32 valence electrons. The van der Waals surface area contributed by atoms with Crippen molar-refractivity contribution < 1.29 is 23.0 Å². The van der Waals surface area contributed by atoms with Gasteiger partial charge in [0, 0.05) is 0 Å². The second-order valence-corrected chi connectivity index (χ2v) is 13.3. The SMILES string of the molecule is C[Si](=[Hf+2])C(Cl)Cl. The van der Waals surface area contributed by atoms with Crippen LogP contribution in [0.25, 0.3) is 0 Å². The molecule has 0 saturated carbocycles. The fourth-order valence-corrected chi connectivity index (χ4v) is 0. The van der Waals surface area contributed by atoms with Crippen LogP contribution >= 0.6 is 23.2 Å². The Morgan fingerprint density at radius 1 is 1.67 bits per heavy atom. The van der Waals surface area contributed by atoms with Gasteiger partial charge in [0.1, 0.15) is 0 Å². The summed E-state index contributed by atoms with van der Waals surface area (Å²) in [5.41, 5.74) is -0.282. The van der Waals surface area contributed by atoms with Crippen molar-refractivity contribution in [1.29, 1.82) is 0 Å². The quantitative estimate of drug-likeness (QED) is 0.509. The predicted molar refractivity (Wildman–Crippen MR) is 27.1 cm³/mol. The van der Waals surface area contributed by atoms with Crippen molar-refractivity contribution in [3.8, 4) is 0 Å². The zero-order chi connectivity index (χ0) is 5.15. The first-order valence-electron chi connectivity index (χ1n) is 1.48. The third-order valence-corrected chi connectivity index (χ3v) is 10.0. The van der Waals surface area contributed by atoms with E-state index in [4.69, 9.17) is 23.2 Å². The zero-order valence-corrected chi connectivity index (χ0v) is 9.44. The molecule has 6 heavy (non-hydrogen) atoms. The van der Waals surface area contributed by atoms with Crippen LogP contribution in [0.4, 0.5) is 0 Å². The molecule has 0 aliphatic rings. The van der Waals surface area contributed by atoms with E-state index in [1.54, 1.807) is 0 Å². The molecule has 0 aliphatic heterocycles. The summed E-state index contributed by atoms with van der Waals surface area (Å²) in [7, 11) is 0. The van der Waals surface area contributed by atoms with Gasteiger partial charge in [-0.3, -0.25) is 0 Å². The molecule has 0 rings (SSSR count). The minimum absolute atomic E-state index is 0.0401. The molecule has 0 spiro atoms. The molecule has 0 saturated heterocycles. The van der Waals surface area contributed by atoms with Crippen molar-refractivity contribution in [2.45, 2.75) is 11.0 Å². The molecule has 0 aromatic carbocycles.